The van der Waals surface area contributed by atoms with Gasteiger partial charge < -0.3 is 4.90 Å². The molecule has 0 radical (unpaired) electrons. The lowest BCUT2D eigenvalue weighted by atomic mass is 10.1. The van der Waals surface area contributed by atoms with Crippen molar-refractivity contribution in [2.24, 2.45) is 5.92 Å². The molecule has 1 unspecified atom stereocenters. The van der Waals surface area contributed by atoms with E-state index in [0.717, 1.165) is 25.9 Å². The predicted octanol–water partition coefficient (Wildman–Crippen LogP) is 0.896. The fraction of sp³-hybridized carbons (Fsp3) is 0.667. The van der Waals surface area contributed by atoms with E-state index in [2.05, 4.69) is 15.4 Å². The second-order valence-corrected chi connectivity index (χ2v) is 4.12. The minimum absolute atomic E-state index is 0.0409. The summed E-state index contributed by atoms with van der Waals surface area (Å²) in [7, 11) is 0. The quantitative estimate of drug-likeness (QED) is 0.782. The number of halogens is 1. The number of amides is 1. The lowest BCUT2D eigenvalue weighted by molar-refractivity contribution is 0.0781. The van der Waals surface area contributed by atoms with E-state index in [-0.39, 0.29) is 5.91 Å². The van der Waals surface area contributed by atoms with Crippen molar-refractivity contribution in [1.29, 1.82) is 0 Å². The Hall–Kier alpha value is -1.10. The van der Waals surface area contributed by atoms with Gasteiger partial charge in [0, 0.05) is 19.0 Å². The highest BCUT2D eigenvalue weighted by atomic mass is 35.5. The molecule has 1 amide bonds. The van der Waals surface area contributed by atoms with Gasteiger partial charge in [-0.1, -0.05) is 0 Å². The highest BCUT2D eigenvalue weighted by Crippen LogP contribution is 2.21. The Bertz CT molecular complexity index is 327. The Morgan fingerprint density at radius 2 is 2.60 bits per heavy atom. The van der Waals surface area contributed by atoms with E-state index in [0.29, 0.717) is 17.5 Å². The number of likely N-dealkylation sites (tertiary alicyclic amines) is 1. The maximum Gasteiger partial charge on any atom is 0.276 e. The maximum absolute atomic E-state index is 11.8. The number of nitrogens with zero attached hydrogens (tertiary/aromatic N) is 3. The normalized spacial score (nSPS) is 20.9. The third-order valence-corrected chi connectivity index (χ3v) is 2.94. The first-order valence-electron chi connectivity index (χ1n) is 5.02. The molecule has 0 bridgehead atoms. The van der Waals surface area contributed by atoms with Gasteiger partial charge in [0.25, 0.3) is 5.91 Å². The first kappa shape index (κ1) is 10.4. The van der Waals surface area contributed by atoms with Gasteiger partial charge in [-0.15, -0.1) is 11.6 Å². The fourth-order valence-corrected chi connectivity index (χ4v) is 2.18. The van der Waals surface area contributed by atoms with Crippen molar-refractivity contribution in [3.05, 3.63) is 11.9 Å². The molecule has 1 aromatic heterocycles. The number of rotatable bonds is 3. The van der Waals surface area contributed by atoms with E-state index >= 15 is 0 Å². The van der Waals surface area contributed by atoms with Crippen LogP contribution in [0, 0.1) is 5.92 Å². The van der Waals surface area contributed by atoms with Crippen LogP contribution in [0.1, 0.15) is 23.3 Å². The number of H-pyrrole nitrogens is 1. The minimum Gasteiger partial charge on any atom is -0.337 e. The summed E-state index contributed by atoms with van der Waals surface area (Å²) in [6.07, 6.45) is 3.47. The molecule has 82 valence electrons. The largest absolute Gasteiger partial charge is 0.337 e. The molecule has 0 saturated carbocycles. The van der Waals surface area contributed by atoms with Crippen LogP contribution in [0.3, 0.4) is 0 Å². The van der Waals surface area contributed by atoms with Crippen molar-refractivity contribution in [1.82, 2.24) is 20.3 Å². The molecule has 15 heavy (non-hydrogen) atoms. The van der Waals surface area contributed by atoms with Gasteiger partial charge in [-0.25, -0.2) is 0 Å². The molecule has 2 rings (SSSR count). The maximum atomic E-state index is 11.8. The number of carbonyl (C=O) groups excluding carboxylic acids is 1. The number of carbonyl (C=O) groups is 1. The first-order valence-corrected chi connectivity index (χ1v) is 5.55. The fourth-order valence-electron chi connectivity index (χ4n) is 1.87. The average Bonchev–Trinajstić information content (AvgIpc) is 2.87. The summed E-state index contributed by atoms with van der Waals surface area (Å²) in [6.45, 7) is 1.59. The molecule has 1 aliphatic rings. The van der Waals surface area contributed by atoms with Gasteiger partial charge in [0.1, 0.15) is 0 Å². The molecule has 0 spiro atoms. The molecule has 0 aromatic carbocycles. The Morgan fingerprint density at radius 3 is 3.27 bits per heavy atom. The smallest absolute Gasteiger partial charge is 0.276 e. The topological polar surface area (TPSA) is 61.9 Å². The zero-order valence-corrected chi connectivity index (χ0v) is 9.07. The van der Waals surface area contributed by atoms with Crippen LogP contribution < -0.4 is 0 Å². The van der Waals surface area contributed by atoms with Crippen LogP contribution in [-0.4, -0.2) is 45.2 Å². The van der Waals surface area contributed by atoms with Crippen molar-refractivity contribution in [3.63, 3.8) is 0 Å². The van der Waals surface area contributed by atoms with E-state index in [1.54, 1.807) is 0 Å². The average molecular weight is 229 g/mol. The second kappa shape index (κ2) is 4.61. The predicted molar refractivity (Wildman–Crippen MR) is 55.7 cm³/mol. The van der Waals surface area contributed by atoms with Gasteiger partial charge in [-0.2, -0.15) is 15.4 Å². The molecule has 0 aliphatic carbocycles. The SMILES string of the molecule is O=C(c1cn[nH]n1)N1CCC(CCCl)C1. The van der Waals surface area contributed by atoms with E-state index in [1.165, 1.54) is 6.20 Å². The Morgan fingerprint density at radius 1 is 1.73 bits per heavy atom. The molecule has 6 heteroatoms. The van der Waals surface area contributed by atoms with Crippen molar-refractivity contribution in [2.75, 3.05) is 19.0 Å². The number of aromatic amines is 1. The zero-order valence-electron chi connectivity index (χ0n) is 8.32. The van der Waals surface area contributed by atoms with Crippen LogP contribution in [0.25, 0.3) is 0 Å². The summed E-state index contributed by atoms with van der Waals surface area (Å²) in [5.74, 6) is 1.16. The van der Waals surface area contributed by atoms with E-state index in [9.17, 15) is 4.79 Å². The standard InChI is InChI=1S/C9H13ClN4O/c10-3-1-7-2-4-14(6-7)9(15)8-5-11-13-12-8/h5,7H,1-4,6H2,(H,11,12,13). The third-order valence-electron chi connectivity index (χ3n) is 2.72. The molecule has 1 aliphatic heterocycles. The van der Waals surface area contributed by atoms with Gasteiger partial charge in [0.05, 0.1) is 6.20 Å². The number of alkyl halides is 1. The van der Waals surface area contributed by atoms with Gasteiger partial charge in [0.15, 0.2) is 5.69 Å². The molecule has 5 nitrogen and oxygen atoms in total. The van der Waals surface area contributed by atoms with Crippen molar-refractivity contribution in [3.8, 4) is 0 Å². The summed E-state index contributed by atoms with van der Waals surface area (Å²) in [5, 5.41) is 9.85. The summed E-state index contributed by atoms with van der Waals surface area (Å²) < 4.78 is 0. The third kappa shape index (κ3) is 2.28. The Balaban J connectivity index is 1.93. The molecule has 1 atom stereocenters. The monoisotopic (exact) mass is 228 g/mol. The number of hydrogen-bond acceptors (Lipinski definition) is 3. The summed E-state index contributed by atoms with van der Waals surface area (Å²) in [6, 6.07) is 0. The molecule has 1 fully saturated rings. The molecular weight excluding hydrogens is 216 g/mol. The highest BCUT2D eigenvalue weighted by Gasteiger charge is 2.27. The van der Waals surface area contributed by atoms with Gasteiger partial charge in [-0.05, 0) is 18.8 Å². The van der Waals surface area contributed by atoms with Crippen molar-refractivity contribution in [2.45, 2.75) is 12.8 Å². The Labute approximate surface area is 92.8 Å². The molecule has 2 heterocycles. The van der Waals surface area contributed by atoms with Gasteiger partial charge >= 0.3 is 0 Å². The van der Waals surface area contributed by atoms with Crippen LogP contribution in [-0.2, 0) is 0 Å². The lowest BCUT2D eigenvalue weighted by Gasteiger charge is -2.14. The van der Waals surface area contributed by atoms with Crippen LogP contribution >= 0.6 is 11.6 Å². The van der Waals surface area contributed by atoms with Gasteiger partial charge in [0.2, 0.25) is 0 Å². The van der Waals surface area contributed by atoms with E-state index < -0.39 is 0 Å². The van der Waals surface area contributed by atoms with Crippen LogP contribution in [0.4, 0.5) is 0 Å². The number of aromatic nitrogens is 3. The Kier molecular flexibility index (Phi) is 3.20. The van der Waals surface area contributed by atoms with Gasteiger partial charge in [-0.3, -0.25) is 4.79 Å². The summed E-state index contributed by atoms with van der Waals surface area (Å²) in [5.41, 5.74) is 0.390. The minimum atomic E-state index is -0.0409. The molecule has 1 N–H and O–H groups in total. The summed E-state index contributed by atoms with van der Waals surface area (Å²) in [4.78, 5) is 13.6. The van der Waals surface area contributed by atoms with Crippen LogP contribution in [0.15, 0.2) is 6.20 Å². The van der Waals surface area contributed by atoms with Crippen LogP contribution in [0.2, 0.25) is 0 Å². The van der Waals surface area contributed by atoms with E-state index in [1.807, 2.05) is 4.90 Å². The first-order chi connectivity index (χ1) is 7.31. The molecule has 1 saturated heterocycles. The number of nitrogens with one attached hydrogen (secondary N) is 1. The molecular formula is C9H13ClN4O. The second-order valence-electron chi connectivity index (χ2n) is 3.74. The van der Waals surface area contributed by atoms with Crippen molar-refractivity contribution >= 4 is 17.5 Å². The highest BCUT2D eigenvalue weighted by molar-refractivity contribution is 6.17. The molecule has 1 aromatic rings. The van der Waals surface area contributed by atoms with Crippen molar-refractivity contribution < 1.29 is 4.79 Å². The van der Waals surface area contributed by atoms with E-state index in [4.69, 9.17) is 11.6 Å². The summed E-state index contributed by atoms with van der Waals surface area (Å²) >= 11 is 5.68. The van der Waals surface area contributed by atoms with Crippen LogP contribution in [0.5, 0.6) is 0 Å². The number of hydrogen-bond donors (Lipinski definition) is 1. The zero-order chi connectivity index (χ0) is 10.7. The lowest BCUT2D eigenvalue weighted by Crippen LogP contribution is -2.29.